The minimum Gasteiger partial charge on any atom is -0.327 e. The molecule has 2 fully saturated rings. The molecule has 2 aliphatic heterocycles. The predicted octanol–water partition coefficient (Wildman–Crippen LogP) is 3.74. The van der Waals surface area contributed by atoms with Crippen molar-refractivity contribution < 1.29 is 0 Å². The molecule has 2 N–H and O–H groups in total. The summed E-state index contributed by atoms with van der Waals surface area (Å²) in [6, 6.07) is 7.40. The van der Waals surface area contributed by atoms with Gasteiger partial charge in [0.2, 0.25) is 0 Å². The third-order valence-corrected chi connectivity index (χ3v) is 5.80. The van der Waals surface area contributed by atoms with Gasteiger partial charge in [-0.1, -0.05) is 29.3 Å². The van der Waals surface area contributed by atoms with Crippen LogP contribution < -0.4 is 5.73 Å². The molecule has 1 aromatic carbocycles. The van der Waals surface area contributed by atoms with Gasteiger partial charge in [-0.25, -0.2) is 0 Å². The fraction of sp³-hybridized carbons (Fsp3) is 0.625. The summed E-state index contributed by atoms with van der Waals surface area (Å²) in [7, 11) is 2.26. The van der Waals surface area contributed by atoms with Crippen molar-refractivity contribution in [2.45, 2.75) is 50.2 Å². The van der Waals surface area contributed by atoms with Crippen LogP contribution in [0.3, 0.4) is 0 Å². The van der Waals surface area contributed by atoms with E-state index in [-0.39, 0.29) is 6.04 Å². The number of benzene rings is 1. The van der Waals surface area contributed by atoms with Crippen molar-refractivity contribution in [2.75, 3.05) is 7.05 Å². The minimum absolute atomic E-state index is 0.200. The molecule has 0 saturated carbocycles. The van der Waals surface area contributed by atoms with Crippen LogP contribution in [0, 0.1) is 5.92 Å². The third-order valence-electron chi connectivity index (χ3n) is 5.21. The Hall–Kier alpha value is -0.280. The Labute approximate surface area is 131 Å². The predicted molar refractivity (Wildman–Crippen MR) is 85.4 cm³/mol. The number of fused-ring (bicyclic) bond motifs is 2. The van der Waals surface area contributed by atoms with Crippen LogP contribution in [0.2, 0.25) is 10.0 Å². The van der Waals surface area contributed by atoms with Gasteiger partial charge in [0.1, 0.15) is 0 Å². The van der Waals surface area contributed by atoms with Crippen molar-refractivity contribution in [2.24, 2.45) is 11.7 Å². The van der Waals surface area contributed by atoms with Crippen molar-refractivity contribution >= 4 is 23.2 Å². The largest absolute Gasteiger partial charge is 0.327 e. The highest BCUT2D eigenvalue weighted by atomic mass is 35.5. The standard InChI is InChI=1S/C16H22Cl2N2/c1-20-13-4-5-14(20)7-11(6-13)16(19)8-10-2-3-12(17)9-15(10)18/h2-3,9,11,13-14,16H,4-8,19H2,1H3. The first kappa shape index (κ1) is 14.6. The summed E-state index contributed by atoms with van der Waals surface area (Å²) in [6.07, 6.45) is 6.00. The molecule has 110 valence electrons. The first-order valence-corrected chi connectivity index (χ1v) is 8.21. The van der Waals surface area contributed by atoms with Crippen LogP contribution in [0.25, 0.3) is 0 Å². The Bertz CT molecular complexity index is 477. The number of hydrogen-bond donors (Lipinski definition) is 1. The van der Waals surface area contributed by atoms with Gasteiger partial charge in [0.15, 0.2) is 0 Å². The smallest absolute Gasteiger partial charge is 0.0453 e. The van der Waals surface area contributed by atoms with Gasteiger partial charge in [-0.2, -0.15) is 0 Å². The van der Waals surface area contributed by atoms with E-state index < -0.39 is 0 Å². The first-order valence-electron chi connectivity index (χ1n) is 7.46. The molecule has 0 spiro atoms. The van der Waals surface area contributed by atoms with Gasteiger partial charge in [-0.05, 0) is 62.8 Å². The molecule has 2 saturated heterocycles. The molecule has 1 aromatic rings. The fourth-order valence-electron chi connectivity index (χ4n) is 3.91. The van der Waals surface area contributed by atoms with Gasteiger partial charge >= 0.3 is 0 Å². The molecule has 0 aliphatic carbocycles. The number of halogens is 2. The van der Waals surface area contributed by atoms with E-state index in [1.54, 1.807) is 0 Å². The van der Waals surface area contributed by atoms with Crippen LogP contribution >= 0.6 is 23.2 Å². The van der Waals surface area contributed by atoms with Crippen LogP contribution in [-0.4, -0.2) is 30.1 Å². The monoisotopic (exact) mass is 312 g/mol. The molecule has 3 atom stereocenters. The van der Waals surface area contributed by atoms with Crippen LogP contribution in [0.5, 0.6) is 0 Å². The Morgan fingerprint density at radius 3 is 2.50 bits per heavy atom. The average molecular weight is 313 g/mol. The average Bonchev–Trinajstić information content (AvgIpc) is 2.64. The lowest BCUT2D eigenvalue weighted by molar-refractivity contribution is 0.120. The van der Waals surface area contributed by atoms with E-state index in [2.05, 4.69) is 11.9 Å². The maximum absolute atomic E-state index is 6.47. The maximum atomic E-state index is 6.47. The number of nitrogens with zero attached hydrogens (tertiary/aromatic N) is 1. The minimum atomic E-state index is 0.200. The van der Waals surface area contributed by atoms with E-state index in [1.165, 1.54) is 25.7 Å². The number of rotatable bonds is 3. The highest BCUT2D eigenvalue weighted by Crippen LogP contribution is 2.39. The molecule has 2 bridgehead atoms. The Kier molecular flexibility index (Phi) is 4.28. The Morgan fingerprint density at radius 1 is 1.25 bits per heavy atom. The molecule has 0 radical (unpaired) electrons. The Morgan fingerprint density at radius 2 is 1.90 bits per heavy atom. The zero-order chi connectivity index (χ0) is 14.3. The van der Waals surface area contributed by atoms with Gasteiger partial charge in [-0.15, -0.1) is 0 Å². The summed E-state index contributed by atoms with van der Waals surface area (Å²) >= 11 is 12.2. The van der Waals surface area contributed by atoms with Gasteiger partial charge in [0.25, 0.3) is 0 Å². The van der Waals surface area contributed by atoms with Crippen molar-refractivity contribution in [3.05, 3.63) is 33.8 Å². The molecule has 0 aromatic heterocycles. The molecular formula is C16H22Cl2N2. The van der Waals surface area contributed by atoms with E-state index in [4.69, 9.17) is 28.9 Å². The lowest BCUT2D eigenvalue weighted by atomic mass is 9.83. The summed E-state index contributed by atoms with van der Waals surface area (Å²) in [6.45, 7) is 0. The maximum Gasteiger partial charge on any atom is 0.0453 e. The normalized spacial score (nSPS) is 31.5. The summed E-state index contributed by atoms with van der Waals surface area (Å²) in [4.78, 5) is 2.55. The number of hydrogen-bond acceptors (Lipinski definition) is 2. The molecule has 4 heteroatoms. The van der Waals surface area contributed by atoms with E-state index in [9.17, 15) is 0 Å². The molecule has 0 amide bonds. The first-order chi connectivity index (χ1) is 9.54. The molecule has 2 heterocycles. The van der Waals surface area contributed by atoms with Gasteiger partial charge in [0, 0.05) is 28.2 Å². The summed E-state index contributed by atoms with van der Waals surface area (Å²) in [5.74, 6) is 0.621. The molecule has 2 aliphatic rings. The van der Waals surface area contributed by atoms with Crippen molar-refractivity contribution in [1.82, 2.24) is 4.90 Å². The molecule has 3 rings (SSSR count). The van der Waals surface area contributed by atoms with E-state index in [0.29, 0.717) is 10.9 Å². The summed E-state index contributed by atoms with van der Waals surface area (Å²) in [5.41, 5.74) is 7.60. The van der Waals surface area contributed by atoms with Crippen molar-refractivity contribution in [3.8, 4) is 0 Å². The molecule has 20 heavy (non-hydrogen) atoms. The second kappa shape index (κ2) is 5.84. The summed E-state index contributed by atoms with van der Waals surface area (Å²) in [5, 5.41) is 1.42. The third kappa shape index (κ3) is 2.85. The SMILES string of the molecule is CN1C2CCC1CC(C(N)Cc1ccc(Cl)cc1Cl)C2. The lowest BCUT2D eigenvalue weighted by Crippen LogP contribution is -2.46. The fourth-order valence-corrected chi connectivity index (χ4v) is 4.40. The van der Waals surface area contributed by atoms with Gasteiger partial charge in [-0.3, -0.25) is 0 Å². The van der Waals surface area contributed by atoms with Gasteiger partial charge < -0.3 is 10.6 Å². The molecular weight excluding hydrogens is 291 g/mol. The zero-order valence-corrected chi connectivity index (χ0v) is 13.4. The van der Waals surface area contributed by atoms with Crippen LogP contribution in [-0.2, 0) is 6.42 Å². The second-order valence-electron chi connectivity index (χ2n) is 6.39. The lowest BCUT2D eigenvalue weighted by Gasteiger charge is -2.38. The van der Waals surface area contributed by atoms with Crippen molar-refractivity contribution in [1.29, 1.82) is 0 Å². The second-order valence-corrected chi connectivity index (χ2v) is 7.23. The summed E-state index contributed by atoms with van der Waals surface area (Å²) < 4.78 is 0. The molecule has 3 unspecified atom stereocenters. The quantitative estimate of drug-likeness (QED) is 0.921. The highest BCUT2D eigenvalue weighted by Gasteiger charge is 2.40. The van der Waals surface area contributed by atoms with Crippen LogP contribution in [0.4, 0.5) is 0 Å². The van der Waals surface area contributed by atoms with E-state index in [1.807, 2.05) is 18.2 Å². The number of nitrogens with two attached hydrogens (primary N) is 1. The van der Waals surface area contributed by atoms with Gasteiger partial charge in [0.05, 0.1) is 0 Å². The van der Waals surface area contributed by atoms with Crippen LogP contribution in [0.1, 0.15) is 31.2 Å². The topological polar surface area (TPSA) is 29.3 Å². The number of piperidine rings is 1. The zero-order valence-electron chi connectivity index (χ0n) is 11.9. The molecule has 2 nitrogen and oxygen atoms in total. The van der Waals surface area contributed by atoms with E-state index in [0.717, 1.165) is 29.1 Å². The highest BCUT2D eigenvalue weighted by molar-refractivity contribution is 6.35. The van der Waals surface area contributed by atoms with Crippen molar-refractivity contribution in [3.63, 3.8) is 0 Å². The van der Waals surface area contributed by atoms with Crippen LogP contribution in [0.15, 0.2) is 18.2 Å². The Balaban J connectivity index is 1.66. The van der Waals surface area contributed by atoms with E-state index >= 15 is 0 Å².